The first-order chi connectivity index (χ1) is 9.71. The molecule has 5 heteroatoms. The van der Waals surface area contributed by atoms with Gasteiger partial charge in [-0.3, -0.25) is 4.90 Å². The van der Waals surface area contributed by atoms with Crippen LogP contribution in [-0.4, -0.2) is 77.3 Å². The van der Waals surface area contributed by atoms with Gasteiger partial charge in [0.15, 0.2) is 0 Å². The quantitative estimate of drug-likeness (QED) is 0.829. The molecular weight excluding hydrogens is 254 g/mol. The monoisotopic (exact) mass is 283 g/mol. The lowest BCUT2D eigenvalue weighted by Gasteiger charge is -2.34. The van der Waals surface area contributed by atoms with Gasteiger partial charge in [0.2, 0.25) is 0 Å². The van der Waals surface area contributed by atoms with Crippen molar-refractivity contribution in [1.82, 2.24) is 14.7 Å². The number of nitrogens with zero attached hydrogens (tertiary/aromatic N) is 3. The average molecular weight is 283 g/mol. The largest absolute Gasteiger partial charge is 0.395 e. The second-order valence-corrected chi connectivity index (χ2v) is 5.92. The molecule has 0 spiro atoms. The Morgan fingerprint density at radius 2 is 1.80 bits per heavy atom. The minimum absolute atomic E-state index is 0.192. The van der Waals surface area contributed by atoms with Crippen LogP contribution in [0.15, 0.2) is 0 Å². The molecule has 0 bridgehead atoms. The number of rotatable bonds is 5. The highest BCUT2D eigenvalue weighted by molar-refractivity contribution is 5.75. The van der Waals surface area contributed by atoms with Gasteiger partial charge in [0.25, 0.3) is 0 Å². The summed E-state index contributed by atoms with van der Waals surface area (Å²) in [6.45, 7) is 8.76. The van der Waals surface area contributed by atoms with Crippen molar-refractivity contribution < 1.29 is 9.90 Å². The van der Waals surface area contributed by atoms with E-state index in [4.69, 9.17) is 0 Å². The van der Waals surface area contributed by atoms with Crippen LogP contribution in [0.4, 0.5) is 4.79 Å². The van der Waals surface area contributed by atoms with E-state index in [0.717, 1.165) is 52.0 Å². The second-order valence-electron chi connectivity index (χ2n) is 5.92. The van der Waals surface area contributed by atoms with Crippen molar-refractivity contribution >= 4 is 6.03 Å². The second kappa shape index (κ2) is 7.27. The van der Waals surface area contributed by atoms with Crippen LogP contribution >= 0.6 is 0 Å². The molecule has 1 N–H and O–H groups in total. The lowest BCUT2D eigenvalue weighted by molar-refractivity contribution is 0.114. The van der Waals surface area contributed by atoms with Crippen LogP contribution in [-0.2, 0) is 0 Å². The minimum Gasteiger partial charge on any atom is -0.395 e. The third-order valence-corrected chi connectivity index (χ3v) is 4.81. The Morgan fingerprint density at radius 3 is 2.45 bits per heavy atom. The predicted octanol–water partition coefficient (Wildman–Crippen LogP) is 1.37. The molecule has 0 aromatic carbocycles. The van der Waals surface area contributed by atoms with Gasteiger partial charge in [-0.05, 0) is 46.1 Å². The summed E-state index contributed by atoms with van der Waals surface area (Å²) in [6, 6.07) is 0.827. The third kappa shape index (κ3) is 3.26. The molecule has 116 valence electrons. The number of carbonyl (C=O) groups is 1. The number of hydrogen-bond acceptors (Lipinski definition) is 3. The molecule has 0 aromatic heterocycles. The number of carbonyl (C=O) groups excluding carboxylic acids is 1. The van der Waals surface area contributed by atoms with Crippen LogP contribution in [0.5, 0.6) is 0 Å². The first-order valence-electron chi connectivity index (χ1n) is 8.11. The molecule has 0 aliphatic carbocycles. The van der Waals surface area contributed by atoms with E-state index in [2.05, 4.69) is 9.80 Å². The molecular formula is C15H29N3O2. The Morgan fingerprint density at radius 1 is 1.15 bits per heavy atom. The summed E-state index contributed by atoms with van der Waals surface area (Å²) in [5.41, 5.74) is 0. The van der Waals surface area contributed by atoms with Crippen molar-refractivity contribution in [2.75, 3.05) is 39.3 Å². The average Bonchev–Trinajstić information content (AvgIpc) is 3.09. The van der Waals surface area contributed by atoms with Gasteiger partial charge >= 0.3 is 6.03 Å². The van der Waals surface area contributed by atoms with E-state index >= 15 is 0 Å². The Hall–Kier alpha value is -0.810. The van der Waals surface area contributed by atoms with E-state index in [1.54, 1.807) is 0 Å². The fourth-order valence-electron chi connectivity index (χ4n) is 3.57. The molecule has 2 heterocycles. The highest BCUT2D eigenvalue weighted by Crippen LogP contribution is 2.24. The molecule has 2 aliphatic heterocycles. The molecule has 2 fully saturated rings. The zero-order valence-electron chi connectivity index (χ0n) is 12.9. The predicted molar refractivity (Wildman–Crippen MR) is 79.7 cm³/mol. The van der Waals surface area contributed by atoms with Gasteiger partial charge in [-0.2, -0.15) is 0 Å². The zero-order valence-corrected chi connectivity index (χ0v) is 12.9. The summed E-state index contributed by atoms with van der Waals surface area (Å²) in [6.07, 6.45) is 4.46. The molecule has 0 aromatic rings. The Labute approximate surface area is 122 Å². The maximum Gasteiger partial charge on any atom is 0.320 e. The van der Waals surface area contributed by atoms with Gasteiger partial charge in [-0.25, -0.2) is 4.79 Å². The van der Waals surface area contributed by atoms with Gasteiger partial charge in [0.05, 0.1) is 6.61 Å². The SMILES string of the molecule is CCN(CC)C(=O)N1CCC[C@@H]1CN1CCC[C@@H]1CO. The third-order valence-electron chi connectivity index (χ3n) is 4.81. The van der Waals surface area contributed by atoms with Crippen molar-refractivity contribution in [1.29, 1.82) is 0 Å². The van der Waals surface area contributed by atoms with Gasteiger partial charge < -0.3 is 14.9 Å². The molecule has 5 nitrogen and oxygen atoms in total. The molecule has 0 saturated carbocycles. The molecule has 2 rings (SSSR count). The van der Waals surface area contributed by atoms with Crippen LogP contribution in [0.25, 0.3) is 0 Å². The van der Waals surface area contributed by atoms with E-state index in [0.29, 0.717) is 12.1 Å². The number of hydrogen-bond donors (Lipinski definition) is 1. The first-order valence-corrected chi connectivity index (χ1v) is 8.11. The maximum absolute atomic E-state index is 12.5. The lowest BCUT2D eigenvalue weighted by atomic mass is 10.2. The van der Waals surface area contributed by atoms with Crippen molar-refractivity contribution in [3.63, 3.8) is 0 Å². The van der Waals surface area contributed by atoms with Crippen LogP contribution in [0.1, 0.15) is 39.5 Å². The van der Waals surface area contributed by atoms with Gasteiger partial charge in [-0.1, -0.05) is 0 Å². The summed E-state index contributed by atoms with van der Waals surface area (Å²) in [4.78, 5) is 18.9. The normalized spacial score (nSPS) is 27.2. The molecule has 0 unspecified atom stereocenters. The Balaban J connectivity index is 1.95. The highest BCUT2D eigenvalue weighted by atomic mass is 16.3. The van der Waals surface area contributed by atoms with Gasteiger partial charge in [0, 0.05) is 38.3 Å². The van der Waals surface area contributed by atoms with Crippen molar-refractivity contribution in [2.24, 2.45) is 0 Å². The Bertz CT molecular complexity index is 320. The smallest absolute Gasteiger partial charge is 0.320 e. The highest BCUT2D eigenvalue weighted by Gasteiger charge is 2.34. The first kappa shape index (κ1) is 15.6. The number of urea groups is 1. The molecule has 2 atom stereocenters. The Kier molecular flexibility index (Phi) is 5.66. The van der Waals surface area contributed by atoms with Crippen molar-refractivity contribution in [3.8, 4) is 0 Å². The van der Waals surface area contributed by atoms with E-state index in [-0.39, 0.29) is 12.6 Å². The maximum atomic E-state index is 12.5. The fraction of sp³-hybridized carbons (Fsp3) is 0.933. The summed E-state index contributed by atoms with van der Waals surface area (Å²) in [5, 5.41) is 9.42. The number of aliphatic hydroxyl groups excluding tert-OH is 1. The van der Waals surface area contributed by atoms with Crippen LogP contribution < -0.4 is 0 Å². The van der Waals surface area contributed by atoms with Gasteiger partial charge in [-0.15, -0.1) is 0 Å². The standard InChI is InChI=1S/C15H29N3O2/c1-3-16(4-2)15(20)18-10-6-7-13(18)11-17-9-5-8-14(17)12-19/h13-14,19H,3-12H2,1-2H3/t13-,14-/m1/s1. The summed E-state index contributed by atoms with van der Waals surface area (Å²) >= 11 is 0. The molecule has 0 radical (unpaired) electrons. The van der Waals surface area contributed by atoms with Crippen LogP contribution in [0, 0.1) is 0 Å². The fourth-order valence-corrected chi connectivity index (χ4v) is 3.57. The van der Waals surface area contributed by atoms with Crippen molar-refractivity contribution in [3.05, 3.63) is 0 Å². The molecule has 2 aliphatic rings. The molecule has 20 heavy (non-hydrogen) atoms. The van der Waals surface area contributed by atoms with E-state index < -0.39 is 0 Å². The van der Waals surface area contributed by atoms with Crippen LogP contribution in [0.3, 0.4) is 0 Å². The van der Waals surface area contributed by atoms with Crippen LogP contribution in [0.2, 0.25) is 0 Å². The number of likely N-dealkylation sites (tertiary alicyclic amines) is 2. The molecule has 2 saturated heterocycles. The van der Waals surface area contributed by atoms with Crippen molar-refractivity contribution in [2.45, 2.75) is 51.6 Å². The summed E-state index contributed by atoms with van der Waals surface area (Å²) in [7, 11) is 0. The van der Waals surface area contributed by atoms with Gasteiger partial charge in [0.1, 0.15) is 0 Å². The topological polar surface area (TPSA) is 47.0 Å². The number of aliphatic hydroxyl groups is 1. The summed E-state index contributed by atoms with van der Waals surface area (Å²) in [5.74, 6) is 0. The number of amides is 2. The zero-order chi connectivity index (χ0) is 14.5. The van der Waals surface area contributed by atoms with E-state index in [9.17, 15) is 9.90 Å². The minimum atomic E-state index is 0.192. The molecule has 2 amide bonds. The van der Waals surface area contributed by atoms with E-state index in [1.165, 1.54) is 6.42 Å². The summed E-state index contributed by atoms with van der Waals surface area (Å²) < 4.78 is 0. The lowest BCUT2D eigenvalue weighted by Crippen LogP contribution is -2.50. The van der Waals surface area contributed by atoms with E-state index in [1.807, 2.05) is 18.7 Å².